The van der Waals surface area contributed by atoms with E-state index in [-0.39, 0.29) is 0 Å². The number of thioether (sulfide) groups is 1. The van der Waals surface area contributed by atoms with E-state index in [4.69, 9.17) is 0 Å². The Morgan fingerprint density at radius 3 is 1.90 bits per heavy atom. The monoisotopic (exact) mass is 655 g/mol. The van der Waals surface area contributed by atoms with Crippen LogP contribution < -0.4 is 0 Å². The van der Waals surface area contributed by atoms with E-state index in [1.165, 1.54) is 87.7 Å². The summed E-state index contributed by atoms with van der Waals surface area (Å²) < 4.78 is 2.50. The SMILES string of the molecule is CSc1ccccc1C1(c2cccc(-c3ccc(-c4ccc5ccccc5c4)cc3)c2)c2ccccc2-n2c3ccccc3c3cccc1c32. The first kappa shape index (κ1) is 29.1. The topological polar surface area (TPSA) is 4.93 Å². The quantitative estimate of drug-likeness (QED) is 0.167. The van der Waals surface area contributed by atoms with Crippen molar-refractivity contribution in [3.05, 3.63) is 204 Å². The maximum atomic E-state index is 2.50. The van der Waals surface area contributed by atoms with Gasteiger partial charge in [0.1, 0.15) is 0 Å². The van der Waals surface area contributed by atoms with Crippen LogP contribution in [0.25, 0.3) is 60.5 Å². The molecular weight excluding hydrogens is 623 g/mol. The zero-order valence-corrected chi connectivity index (χ0v) is 28.5. The molecule has 2 heteroatoms. The molecule has 0 radical (unpaired) electrons. The highest BCUT2D eigenvalue weighted by Gasteiger charge is 2.46. The van der Waals surface area contributed by atoms with Gasteiger partial charge in [-0.2, -0.15) is 0 Å². The molecule has 10 rings (SSSR count). The van der Waals surface area contributed by atoms with Crippen molar-refractivity contribution in [1.82, 2.24) is 4.57 Å². The van der Waals surface area contributed by atoms with E-state index in [2.05, 4.69) is 193 Å². The maximum Gasteiger partial charge on any atom is 0.0753 e. The molecule has 0 fully saturated rings. The summed E-state index contributed by atoms with van der Waals surface area (Å²) in [4.78, 5) is 1.29. The van der Waals surface area contributed by atoms with E-state index in [1.54, 1.807) is 0 Å². The van der Waals surface area contributed by atoms with E-state index in [9.17, 15) is 0 Å². The molecule has 2 heterocycles. The van der Waals surface area contributed by atoms with Gasteiger partial charge < -0.3 is 4.57 Å². The molecular formula is C48H33NS. The minimum atomic E-state index is -0.541. The third-order valence-electron chi connectivity index (χ3n) is 10.8. The molecule has 0 bridgehead atoms. The molecule has 8 aromatic carbocycles. The van der Waals surface area contributed by atoms with Crippen LogP contribution in [-0.2, 0) is 5.41 Å². The molecule has 0 amide bonds. The van der Waals surface area contributed by atoms with Gasteiger partial charge in [-0.3, -0.25) is 0 Å². The van der Waals surface area contributed by atoms with Crippen LogP contribution in [0.15, 0.2) is 187 Å². The van der Waals surface area contributed by atoms with Gasteiger partial charge in [-0.05, 0) is 91.9 Å². The number of para-hydroxylation sites is 3. The van der Waals surface area contributed by atoms with Crippen LogP contribution >= 0.6 is 11.8 Å². The highest BCUT2D eigenvalue weighted by Crippen LogP contribution is 2.56. The largest absolute Gasteiger partial charge is 0.309 e. The van der Waals surface area contributed by atoms with Crippen LogP contribution in [0.1, 0.15) is 22.3 Å². The van der Waals surface area contributed by atoms with E-state index in [0.29, 0.717) is 0 Å². The number of aromatic nitrogens is 1. The number of nitrogens with zero attached hydrogens (tertiary/aromatic N) is 1. The molecule has 1 unspecified atom stereocenters. The molecule has 9 aromatic rings. The highest BCUT2D eigenvalue weighted by atomic mass is 32.2. The molecule has 1 aliphatic heterocycles. The third-order valence-corrected chi connectivity index (χ3v) is 11.6. The van der Waals surface area contributed by atoms with Gasteiger partial charge in [-0.1, -0.05) is 152 Å². The zero-order valence-electron chi connectivity index (χ0n) is 27.7. The Labute approximate surface area is 296 Å². The average Bonchev–Trinajstić information content (AvgIpc) is 3.54. The number of hydrogen-bond acceptors (Lipinski definition) is 1. The van der Waals surface area contributed by atoms with Crippen LogP contribution in [0.3, 0.4) is 0 Å². The summed E-state index contributed by atoms with van der Waals surface area (Å²) in [5, 5.41) is 5.11. The number of benzene rings is 8. The van der Waals surface area contributed by atoms with Crippen LogP contribution in [0.5, 0.6) is 0 Å². The summed E-state index contributed by atoms with van der Waals surface area (Å²) in [5.74, 6) is 0. The average molecular weight is 656 g/mol. The number of rotatable bonds is 5. The lowest BCUT2D eigenvalue weighted by Crippen LogP contribution is -2.36. The predicted octanol–water partition coefficient (Wildman–Crippen LogP) is 12.7. The molecule has 0 N–H and O–H groups in total. The zero-order chi connectivity index (χ0) is 33.2. The Morgan fingerprint density at radius 2 is 1.06 bits per heavy atom. The molecule has 236 valence electrons. The Hall–Kier alpha value is -5.83. The lowest BCUT2D eigenvalue weighted by Gasteiger charge is -2.42. The number of fused-ring (bicyclic) bond motifs is 6. The van der Waals surface area contributed by atoms with Crippen molar-refractivity contribution >= 4 is 44.3 Å². The summed E-state index contributed by atoms with van der Waals surface area (Å²) in [5.41, 5.74) is 13.3. The van der Waals surface area contributed by atoms with Gasteiger partial charge in [-0.15, -0.1) is 11.8 Å². The predicted molar refractivity (Wildman–Crippen MR) is 213 cm³/mol. The van der Waals surface area contributed by atoms with E-state index in [0.717, 1.165) is 0 Å². The first-order valence-corrected chi connectivity index (χ1v) is 18.4. The third kappa shape index (κ3) is 4.15. The summed E-state index contributed by atoms with van der Waals surface area (Å²) in [7, 11) is 0. The van der Waals surface area contributed by atoms with Crippen molar-refractivity contribution in [2.45, 2.75) is 10.3 Å². The second-order valence-electron chi connectivity index (χ2n) is 13.2. The minimum absolute atomic E-state index is 0.541. The second-order valence-corrected chi connectivity index (χ2v) is 14.1. The van der Waals surface area contributed by atoms with E-state index < -0.39 is 5.41 Å². The van der Waals surface area contributed by atoms with Gasteiger partial charge in [-0.25, -0.2) is 0 Å². The smallest absolute Gasteiger partial charge is 0.0753 e. The second kappa shape index (κ2) is 11.4. The van der Waals surface area contributed by atoms with Crippen molar-refractivity contribution in [1.29, 1.82) is 0 Å². The molecule has 1 nitrogen and oxygen atoms in total. The minimum Gasteiger partial charge on any atom is -0.309 e. The maximum absolute atomic E-state index is 2.50. The molecule has 0 saturated carbocycles. The van der Waals surface area contributed by atoms with Crippen molar-refractivity contribution in [2.75, 3.05) is 6.26 Å². The lowest BCUT2D eigenvalue weighted by atomic mass is 9.63. The van der Waals surface area contributed by atoms with E-state index in [1.807, 2.05) is 11.8 Å². The van der Waals surface area contributed by atoms with Crippen LogP contribution in [0.2, 0.25) is 0 Å². The summed E-state index contributed by atoms with van der Waals surface area (Å²) in [6, 6.07) is 67.5. The summed E-state index contributed by atoms with van der Waals surface area (Å²) in [6.45, 7) is 0. The summed E-state index contributed by atoms with van der Waals surface area (Å²) in [6.07, 6.45) is 2.20. The molecule has 50 heavy (non-hydrogen) atoms. The fraction of sp³-hybridized carbons (Fsp3) is 0.0417. The molecule has 0 spiro atoms. The van der Waals surface area contributed by atoms with Crippen LogP contribution in [0.4, 0.5) is 0 Å². The van der Waals surface area contributed by atoms with E-state index >= 15 is 0 Å². The van der Waals surface area contributed by atoms with Crippen molar-refractivity contribution < 1.29 is 0 Å². The summed E-state index contributed by atoms with van der Waals surface area (Å²) >= 11 is 1.83. The molecule has 0 saturated heterocycles. The fourth-order valence-corrected chi connectivity index (χ4v) is 9.23. The highest BCUT2D eigenvalue weighted by molar-refractivity contribution is 7.98. The van der Waals surface area contributed by atoms with Gasteiger partial charge >= 0.3 is 0 Å². The van der Waals surface area contributed by atoms with Crippen molar-refractivity contribution in [3.63, 3.8) is 0 Å². The first-order valence-electron chi connectivity index (χ1n) is 17.2. The van der Waals surface area contributed by atoms with Gasteiger partial charge in [0.15, 0.2) is 0 Å². The lowest BCUT2D eigenvalue weighted by molar-refractivity contribution is 0.712. The molecule has 1 atom stereocenters. The van der Waals surface area contributed by atoms with Crippen LogP contribution in [0, 0.1) is 0 Å². The molecule has 1 aliphatic rings. The Morgan fingerprint density at radius 1 is 0.440 bits per heavy atom. The fourth-order valence-electron chi connectivity index (χ4n) is 8.57. The van der Waals surface area contributed by atoms with Crippen molar-refractivity contribution in [3.8, 4) is 27.9 Å². The number of hydrogen-bond donors (Lipinski definition) is 0. The van der Waals surface area contributed by atoms with Gasteiger partial charge in [0.2, 0.25) is 0 Å². The van der Waals surface area contributed by atoms with Crippen molar-refractivity contribution in [2.24, 2.45) is 0 Å². The van der Waals surface area contributed by atoms with Gasteiger partial charge in [0, 0.05) is 15.7 Å². The normalized spacial score (nSPS) is 15.1. The van der Waals surface area contributed by atoms with Gasteiger partial charge in [0.05, 0.1) is 22.1 Å². The molecule has 1 aromatic heterocycles. The Bertz CT molecular complexity index is 2750. The Balaban J connectivity index is 1.22. The van der Waals surface area contributed by atoms with Crippen LogP contribution in [-0.4, -0.2) is 10.8 Å². The van der Waals surface area contributed by atoms with Gasteiger partial charge in [0.25, 0.3) is 0 Å². The Kier molecular flexibility index (Phi) is 6.62. The standard InChI is InChI=1S/C48H33NS/c1-50-46-23-9-6-19-42(46)48(41-18-5-8-22-45(41)49-44-21-7-4-16-39(44)40-17-11-20-43(48)47(40)49)38-15-10-14-36(31-38)33-24-26-34(27-25-33)37-29-28-32-12-2-3-13-35(32)30-37/h2-31H,1H3. The molecule has 0 aliphatic carbocycles. The first-order chi connectivity index (χ1) is 24.8.